The maximum absolute atomic E-state index is 12.2. The summed E-state index contributed by atoms with van der Waals surface area (Å²) in [6, 6.07) is 10.2. The first-order chi connectivity index (χ1) is 8.52. The molecule has 0 radical (unpaired) electrons. The summed E-state index contributed by atoms with van der Waals surface area (Å²) in [5.74, 6) is -0.249. The van der Waals surface area contributed by atoms with Crippen LogP contribution in [0.2, 0.25) is 20.1 Å². The molecular weight excluding hydrogens is 362 g/mol. The van der Waals surface area contributed by atoms with Gasteiger partial charge in [0, 0.05) is 32.8 Å². The van der Waals surface area contributed by atoms with E-state index in [0.29, 0.717) is 5.56 Å². The van der Waals surface area contributed by atoms with Gasteiger partial charge in [-0.05, 0) is 6.07 Å². The van der Waals surface area contributed by atoms with Gasteiger partial charge in [-0.15, -0.1) is 0 Å². The Balaban J connectivity index is 0.00000180. The van der Waals surface area contributed by atoms with Crippen molar-refractivity contribution in [3.05, 3.63) is 67.6 Å². The van der Waals surface area contributed by atoms with Gasteiger partial charge in [-0.25, -0.2) is 0 Å². The molecule has 0 aromatic heterocycles. The Morgan fingerprint density at radius 3 is 2.00 bits per heavy atom. The molecule has 0 aliphatic rings. The minimum atomic E-state index is -0.249. The molecule has 0 aliphatic heterocycles. The van der Waals surface area contributed by atoms with E-state index in [9.17, 15) is 4.79 Å². The summed E-state index contributed by atoms with van der Waals surface area (Å²) in [4.78, 5) is 12.2. The van der Waals surface area contributed by atoms with E-state index in [1.807, 2.05) is 6.07 Å². The van der Waals surface area contributed by atoms with Crippen LogP contribution in [0.25, 0.3) is 0 Å². The number of carbonyl (C=O) groups is 1. The van der Waals surface area contributed by atoms with Gasteiger partial charge in [0.2, 0.25) is 0 Å². The van der Waals surface area contributed by atoms with E-state index in [-0.39, 0.29) is 53.2 Å². The number of hydrogen-bond donors (Lipinski definition) is 0. The van der Waals surface area contributed by atoms with Gasteiger partial charge in [-0.1, -0.05) is 76.7 Å². The molecule has 1 nitrogen and oxygen atoms in total. The SMILES string of the molecule is O=C(c1ccccc1)c1cc(Cl)c(Cl)c(Cl)c1Cl.[Ti]. The zero-order valence-corrected chi connectivity index (χ0v) is 14.0. The van der Waals surface area contributed by atoms with Crippen LogP contribution in [0.5, 0.6) is 0 Å². The standard InChI is InChI=1S/C13H6Cl4O.Ti/c14-9-6-8(10(15)12(17)11(9)16)13(18)7-4-2-1-3-5-7;/h1-6H;. The molecule has 0 aliphatic carbocycles. The third kappa shape index (κ3) is 3.55. The predicted molar refractivity (Wildman–Crippen MR) is 76.4 cm³/mol. The third-order valence-electron chi connectivity index (χ3n) is 2.38. The zero-order chi connectivity index (χ0) is 13.3. The molecule has 96 valence electrons. The number of hydrogen-bond acceptors (Lipinski definition) is 1. The maximum Gasteiger partial charge on any atom is 0.194 e. The fourth-order valence-electron chi connectivity index (χ4n) is 1.48. The van der Waals surface area contributed by atoms with Gasteiger partial charge in [0.1, 0.15) is 0 Å². The van der Waals surface area contributed by atoms with Gasteiger partial charge in [-0.3, -0.25) is 4.79 Å². The van der Waals surface area contributed by atoms with Gasteiger partial charge in [0.15, 0.2) is 5.78 Å². The van der Waals surface area contributed by atoms with Crippen LogP contribution in [0.3, 0.4) is 0 Å². The number of halogens is 4. The molecule has 6 heteroatoms. The first kappa shape index (κ1) is 17.0. The van der Waals surface area contributed by atoms with E-state index in [4.69, 9.17) is 46.4 Å². The Morgan fingerprint density at radius 1 is 0.842 bits per heavy atom. The third-order valence-corrected chi connectivity index (χ3v) is 4.13. The molecule has 0 saturated carbocycles. The van der Waals surface area contributed by atoms with Gasteiger partial charge in [0.05, 0.1) is 20.1 Å². The molecule has 0 amide bonds. The van der Waals surface area contributed by atoms with Crippen LogP contribution in [0.1, 0.15) is 15.9 Å². The average molecular weight is 368 g/mol. The second-order valence-corrected chi connectivity index (χ2v) is 5.08. The molecule has 0 unspecified atom stereocenters. The van der Waals surface area contributed by atoms with E-state index in [1.165, 1.54) is 6.07 Å². The van der Waals surface area contributed by atoms with E-state index >= 15 is 0 Å². The Morgan fingerprint density at radius 2 is 1.42 bits per heavy atom. The summed E-state index contributed by atoms with van der Waals surface area (Å²) in [6.07, 6.45) is 0. The Kier molecular flexibility index (Phi) is 6.39. The largest absolute Gasteiger partial charge is 0.289 e. The fraction of sp³-hybridized carbons (Fsp3) is 0. The van der Waals surface area contributed by atoms with Gasteiger partial charge >= 0.3 is 0 Å². The number of carbonyl (C=O) groups excluding carboxylic acids is 1. The van der Waals surface area contributed by atoms with Crippen LogP contribution < -0.4 is 0 Å². The fourth-order valence-corrected chi connectivity index (χ4v) is 2.37. The minimum absolute atomic E-state index is 0. The van der Waals surface area contributed by atoms with Gasteiger partial charge < -0.3 is 0 Å². The molecule has 2 aromatic carbocycles. The molecular formula is C13H6Cl4OTi. The van der Waals surface area contributed by atoms with Crippen molar-refractivity contribution >= 4 is 52.2 Å². The normalized spacial score (nSPS) is 9.89. The van der Waals surface area contributed by atoms with Crippen molar-refractivity contribution < 1.29 is 26.5 Å². The van der Waals surface area contributed by atoms with Crippen LogP contribution in [0, 0.1) is 0 Å². The molecule has 0 fully saturated rings. The Bertz CT molecular complexity index is 614. The molecule has 19 heavy (non-hydrogen) atoms. The maximum atomic E-state index is 12.2. The van der Waals surface area contributed by atoms with E-state index in [2.05, 4.69) is 0 Å². The number of rotatable bonds is 2. The van der Waals surface area contributed by atoms with E-state index in [1.54, 1.807) is 24.3 Å². The van der Waals surface area contributed by atoms with Crippen molar-refractivity contribution in [1.29, 1.82) is 0 Å². The first-order valence-electron chi connectivity index (χ1n) is 4.95. The van der Waals surface area contributed by atoms with Gasteiger partial charge in [-0.2, -0.15) is 0 Å². The average Bonchev–Trinajstić information content (AvgIpc) is 2.41. The molecule has 2 aromatic rings. The Hall–Kier alpha value is -0.0157. The summed E-state index contributed by atoms with van der Waals surface area (Å²) < 4.78 is 0. The van der Waals surface area contributed by atoms with Gasteiger partial charge in [0.25, 0.3) is 0 Å². The van der Waals surface area contributed by atoms with Crippen molar-refractivity contribution in [2.45, 2.75) is 0 Å². The zero-order valence-electron chi connectivity index (χ0n) is 9.38. The monoisotopic (exact) mass is 366 g/mol. The summed E-state index contributed by atoms with van der Waals surface area (Å²) in [5.41, 5.74) is 0.746. The molecule has 0 N–H and O–H groups in total. The summed E-state index contributed by atoms with van der Waals surface area (Å²) >= 11 is 23.7. The predicted octanol–water partition coefficient (Wildman–Crippen LogP) is 5.53. The van der Waals surface area contributed by atoms with E-state index in [0.717, 1.165) is 0 Å². The minimum Gasteiger partial charge on any atom is -0.289 e. The summed E-state index contributed by atoms with van der Waals surface area (Å²) in [5, 5.41) is 0.545. The number of benzene rings is 2. The molecule has 0 saturated heterocycles. The van der Waals surface area contributed by atoms with Crippen molar-refractivity contribution in [2.75, 3.05) is 0 Å². The van der Waals surface area contributed by atoms with Crippen LogP contribution >= 0.6 is 46.4 Å². The van der Waals surface area contributed by atoms with E-state index < -0.39 is 0 Å². The summed E-state index contributed by atoms with van der Waals surface area (Å²) in [6.45, 7) is 0. The van der Waals surface area contributed by atoms with Crippen LogP contribution in [-0.4, -0.2) is 5.78 Å². The van der Waals surface area contributed by atoms with Crippen LogP contribution in [0.15, 0.2) is 36.4 Å². The quantitative estimate of drug-likeness (QED) is 0.295. The summed E-state index contributed by atoms with van der Waals surface area (Å²) in [7, 11) is 0. The topological polar surface area (TPSA) is 17.1 Å². The van der Waals surface area contributed by atoms with Crippen LogP contribution in [-0.2, 0) is 21.7 Å². The van der Waals surface area contributed by atoms with Crippen molar-refractivity contribution in [1.82, 2.24) is 0 Å². The molecule has 0 bridgehead atoms. The van der Waals surface area contributed by atoms with Crippen molar-refractivity contribution in [2.24, 2.45) is 0 Å². The second-order valence-electron chi connectivity index (χ2n) is 3.54. The molecule has 0 atom stereocenters. The molecule has 0 heterocycles. The van der Waals surface area contributed by atoms with Crippen molar-refractivity contribution in [3.8, 4) is 0 Å². The molecule has 0 spiro atoms. The van der Waals surface area contributed by atoms with Crippen LogP contribution in [0.4, 0.5) is 0 Å². The smallest absolute Gasteiger partial charge is 0.194 e. The second kappa shape index (κ2) is 7.12. The number of ketones is 1. The molecule has 2 rings (SSSR count). The van der Waals surface area contributed by atoms with Crippen molar-refractivity contribution in [3.63, 3.8) is 0 Å². The first-order valence-corrected chi connectivity index (χ1v) is 6.46. The Labute approximate surface area is 145 Å².